The van der Waals surface area contributed by atoms with Crippen LogP contribution in [0, 0.1) is 5.82 Å². The lowest BCUT2D eigenvalue weighted by Gasteiger charge is -2.10. The lowest BCUT2D eigenvalue weighted by atomic mass is 10.2. The lowest BCUT2D eigenvalue weighted by molar-refractivity contribution is -0.120. The number of halogens is 1. The third-order valence-corrected chi connectivity index (χ3v) is 3.91. The Hall–Kier alpha value is -2.35. The first kappa shape index (κ1) is 16.0. The molecule has 0 spiro atoms. The van der Waals surface area contributed by atoms with Crippen LogP contribution in [0.4, 0.5) is 4.39 Å². The summed E-state index contributed by atoms with van der Waals surface area (Å²) in [5.74, 6) is 5.52. The summed E-state index contributed by atoms with van der Waals surface area (Å²) in [6.07, 6.45) is 1.59. The molecule has 0 aliphatic carbocycles. The van der Waals surface area contributed by atoms with Gasteiger partial charge in [0.2, 0.25) is 11.1 Å². The van der Waals surface area contributed by atoms with Gasteiger partial charge in [0.15, 0.2) is 5.82 Å². The van der Waals surface area contributed by atoms with E-state index >= 15 is 0 Å². The number of hydrogen-bond acceptors (Lipinski definition) is 5. The Balaban J connectivity index is 2.16. The van der Waals surface area contributed by atoms with Gasteiger partial charge in [-0.2, -0.15) is 0 Å². The van der Waals surface area contributed by atoms with Crippen LogP contribution >= 0.6 is 11.8 Å². The molecule has 2 rings (SSSR count). The van der Waals surface area contributed by atoms with Crippen LogP contribution in [-0.2, 0) is 4.79 Å². The van der Waals surface area contributed by atoms with E-state index in [2.05, 4.69) is 22.1 Å². The van der Waals surface area contributed by atoms with Crippen LogP contribution in [-0.4, -0.2) is 32.6 Å². The van der Waals surface area contributed by atoms with Crippen molar-refractivity contribution in [2.45, 2.75) is 17.3 Å². The van der Waals surface area contributed by atoms with Gasteiger partial charge in [0.25, 0.3) is 0 Å². The fourth-order valence-electron chi connectivity index (χ4n) is 1.71. The van der Waals surface area contributed by atoms with E-state index in [1.54, 1.807) is 31.2 Å². The second-order valence-corrected chi connectivity index (χ2v) is 5.76. The molecule has 1 aromatic carbocycles. The van der Waals surface area contributed by atoms with E-state index in [4.69, 9.17) is 5.84 Å². The van der Waals surface area contributed by atoms with Gasteiger partial charge in [-0.3, -0.25) is 4.79 Å². The van der Waals surface area contributed by atoms with Crippen LogP contribution in [0.15, 0.2) is 42.1 Å². The zero-order valence-corrected chi connectivity index (χ0v) is 12.8. The monoisotopic (exact) mass is 321 g/mol. The molecular formula is C14H16FN5OS. The Morgan fingerprint density at radius 1 is 1.55 bits per heavy atom. The van der Waals surface area contributed by atoms with Crippen molar-refractivity contribution >= 4 is 17.7 Å². The minimum Gasteiger partial charge on any atom is -0.352 e. The smallest absolute Gasteiger partial charge is 0.233 e. The summed E-state index contributed by atoms with van der Waals surface area (Å²) in [5, 5.41) is 10.4. The summed E-state index contributed by atoms with van der Waals surface area (Å²) in [4.78, 5) is 11.8. The van der Waals surface area contributed by atoms with Crippen molar-refractivity contribution in [3.05, 3.63) is 42.7 Å². The zero-order chi connectivity index (χ0) is 16.1. The molecule has 6 nitrogen and oxygen atoms in total. The van der Waals surface area contributed by atoms with Crippen molar-refractivity contribution in [1.29, 1.82) is 0 Å². The molecule has 1 aromatic heterocycles. The van der Waals surface area contributed by atoms with Crippen LogP contribution < -0.4 is 11.2 Å². The quantitative estimate of drug-likeness (QED) is 0.479. The van der Waals surface area contributed by atoms with Crippen LogP contribution in [0.5, 0.6) is 0 Å². The molecule has 1 amide bonds. The van der Waals surface area contributed by atoms with Gasteiger partial charge in [-0.05, 0) is 19.1 Å². The van der Waals surface area contributed by atoms with Gasteiger partial charge >= 0.3 is 0 Å². The Kier molecular flexibility index (Phi) is 5.16. The molecule has 0 aliphatic rings. The molecule has 0 saturated heterocycles. The number of aromatic nitrogens is 3. The molecule has 0 fully saturated rings. The molecule has 22 heavy (non-hydrogen) atoms. The molecular weight excluding hydrogens is 305 g/mol. The molecule has 2 aromatic rings. The van der Waals surface area contributed by atoms with E-state index in [1.165, 1.54) is 10.7 Å². The van der Waals surface area contributed by atoms with Gasteiger partial charge in [0.1, 0.15) is 5.82 Å². The maximum absolute atomic E-state index is 13.8. The minimum absolute atomic E-state index is 0.166. The first-order valence-electron chi connectivity index (χ1n) is 6.55. The highest BCUT2D eigenvalue weighted by Gasteiger charge is 2.20. The minimum atomic E-state index is -0.435. The van der Waals surface area contributed by atoms with Crippen LogP contribution in [0.1, 0.15) is 6.92 Å². The molecule has 0 saturated carbocycles. The number of nitrogens with one attached hydrogen (secondary N) is 1. The van der Waals surface area contributed by atoms with Gasteiger partial charge < -0.3 is 11.2 Å². The van der Waals surface area contributed by atoms with Gasteiger partial charge in [0.05, 0.1) is 10.8 Å². The largest absolute Gasteiger partial charge is 0.352 e. The van der Waals surface area contributed by atoms with Crippen molar-refractivity contribution in [3.8, 4) is 11.4 Å². The number of rotatable bonds is 6. The summed E-state index contributed by atoms with van der Waals surface area (Å²) in [6.45, 7) is 5.64. The van der Waals surface area contributed by atoms with Gasteiger partial charge in [0, 0.05) is 6.54 Å². The number of amides is 1. The average molecular weight is 321 g/mol. The topological polar surface area (TPSA) is 85.8 Å². The average Bonchev–Trinajstić information content (AvgIpc) is 2.86. The van der Waals surface area contributed by atoms with Crippen LogP contribution in [0.3, 0.4) is 0 Å². The number of thioether (sulfide) groups is 1. The van der Waals surface area contributed by atoms with Crippen molar-refractivity contribution in [3.63, 3.8) is 0 Å². The maximum atomic E-state index is 13.8. The van der Waals surface area contributed by atoms with Crippen molar-refractivity contribution in [2.24, 2.45) is 0 Å². The number of carbonyl (C=O) groups excluding carboxylic acids is 1. The Morgan fingerprint density at radius 3 is 2.95 bits per heavy atom. The summed E-state index contributed by atoms with van der Waals surface area (Å²) in [7, 11) is 0. The Labute approximate surface area is 131 Å². The zero-order valence-electron chi connectivity index (χ0n) is 12.0. The summed E-state index contributed by atoms with van der Waals surface area (Å²) >= 11 is 1.15. The molecule has 3 N–H and O–H groups in total. The van der Waals surface area contributed by atoms with E-state index in [0.717, 1.165) is 11.8 Å². The highest BCUT2D eigenvalue weighted by Crippen LogP contribution is 2.25. The Bertz CT molecular complexity index is 688. The van der Waals surface area contributed by atoms with E-state index in [9.17, 15) is 9.18 Å². The fourth-order valence-corrected chi connectivity index (χ4v) is 2.51. The van der Waals surface area contributed by atoms with Crippen molar-refractivity contribution in [1.82, 2.24) is 20.2 Å². The molecule has 1 atom stereocenters. The van der Waals surface area contributed by atoms with E-state index < -0.39 is 11.1 Å². The number of nitrogen functional groups attached to an aromatic ring is 1. The lowest BCUT2D eigenvalue weighted by Crippen LogP contribution is -2.31. The molecule has 8 heteroatoms. The molecule has 0 aliphatic heterocycles. The standard InChI is InChI=1S/C14H16FN5OS/c1-3-8-17-13(21)9(2)22-14-19-18-12(20(14)16)10-6-4-5-7-11(10)15/h3-7,9H,1,8,16H2,2H3,(H,17,21). The molecule has 0 bridgehead atoms. The molecule has 116 valence electrons. The number of nitrogens with two attached hydrogens (primary N) is 1. The predicted molar refractivity (Wildman–Crippen MR) is 84.1 cm³/mol. The number of carbonyl (C=O) groups is 1. The van der Waals surface area contributed by atoms with Gasteiger partial charge in [-0.15, -0.1) is 16.8 Å². The van der Waals surface area contributed by atoms with Gasteiger partial charge in [-0.25, -0.2) is 9.07 Å². The highest BCUT2D eigenvalue weighted by molar-refractivity contribution is 8.00. The Morgan fingerprint density at radius 2 is 2.27 bits per heavy atom. The number of hydrogen-bond donors (Lipinski definition) is 2. The highest BCUT2D eigenvalue weighted by atomic mass is 32.2. The van der Waals surface area contributed by atoms with Crippen LogP contribution in [0.2, 0.25) is 0 Å². The van der Waals surface area contributed by atoms with Crippen molar-refractivity contribution < 1.29 is 9.18 Å². The van der Waals surface area contributed by atoms with E-state index in [0.29, 0.717) is 11.7 Å². The van der Waals surface area contributed by atoms with E-state index in [-0.39, 0.29) is 17.3 Å². The maximum Gasteiger partial charge on any atom is 0.233 e. The second kappa shape index (κ2) is 7.08. The summed E-state index contributed by atoms with van der Waals surface area (Å²) in [6, 6.07) is 6.16. The van der Waals surface area contributed by atoms with Gasteiger partial charge in [-0.1, -0.05) is 30.0 Å². The summed E-state index contributed by atoms with van der Waals surface area (Å²) < 4.78 is 15.0. The predicted octanol–water partition coefficient (Wildman–Crippen LogP) is 1.58. The first-order chi connectivity index (χ1) is 10.5. The van der Waals surface area contributed by atoms with Crippen molar-refractivity contribution in [2.75, 3.05) is 12.4 Å². The first-order valence-corrected chi connectivity index (χ1v) is 7.43. The molecule has 0 radical (unpaired) electrons. The molecule has 1 heterocycles. The third kappa shape index (κ3) is 3.45. The van der Waals surface area contributed by atoms with Crippen LogP contribution in [0.25, 0.3) is 11.4 Å². The third-order valence-electron chi connectivity index (χ3n) is 2.85. The fraction of sp³-hybridized carbons (Fsp3) is 0.214. The summed E-state index contributed by atoms with van der Waals surface area (Å²) in [5.41, 5.74) is 0.258. The van der Waals surface area contributed by atoms with E-state index in [1.807, 2.05) is 0 Å². The number of nitrogens with zero attached hydrogens (tertiary/aromatic N) is 3. The normalized spacial score (nSPS) is 11.9. The second-order valence-electron chi connectivity index (χ2n) is 4.45. The SMILES string of the molecule is C=CCNC(=O)C(C)Sc1nnc(-c2ccccc2F)n1N. The number of benzene rings is 1. The molecule has 1 unspecified atom stereocenters.